The van der Waals surface area contributed by atoms with E-state index >= 15 is 0 Å². The van der Waals surface area contributed by atoms with Gasteiger partial charge in [0.15, 0.2) is 0 Å². The fourth-order valence-electron chi connectivity index (χ4n) is 4.53. The van der Waals surface area contributed by atoms with Crippen molar-refractivity contribution in [2.45, 2.75) is 64.0 Å². The molecular weight excluding hydrogens is 258 g/mol. The molecule has 0 aromatic rings. The number of rotatable bonds is 7. The molecule has 2 aliphatic carbocycles. The summed E-state index contributed by atoms with van der Waals surface area (Å²) in [5, 5.41) is 3.74. The predicted octanol–water partition coefficient (Wildman–Crippen LogP) is 2.82. The average molecular weight is 296 g/mol. The molecule has 0 aliphatic heterocycles. The predicted molar refractivity (Wildman–Crippen MR) is 91.7 cm³/mol. The summed E-state index contributed by atoms with van der Waals surface area (Å²) in [6, 6.07) is 0.741. The fourth-order valence-corrected chi connectivity index (χ4v) is 4.53. The standard InChI is InChI=1S/C18H37N3/c1-6-19-17-9-8-15(2)12-16(17)13-21(5)14-18(20(3)4)10-7-11-18/h15-17,19H,6-14H2,1-5H3. The molecule has 2 fully saturated rings. The lowest BCUT2D eigenvalue weighted by atomic mass is 9.74. The molecule has 2 aliphatic rings. The van der Waals surface area contributed by atoms with E-state index in [1.807, 2.05) is 0 Å². The maximum atomic E-state index is 3.74. The summed E-state index contributed by atoms with van der Waals surface area (Å²) >= 11 is 0. The maximum Gasteiger partial charge on any atom is 0.0330 e. The lowest BCUT2D eigenvalue weighted by molar-refractivity contribution is 0.0192. The van der Waals surface area contributed by atoms with Crippen LogP contribution >= 0.6 is 0 Å². The molecule has 3 unspecified atom stereocenters. The second-order valence-electron chi connectivity index (χ2n) is 8.01. The SMILES string of the molecule is CCNC1CCC(C)CC1CN(C)CC1(N(C)C)CCC1. The van der Waals surface area contributed by atoms with Gasteiger partial charge in [0.05, 0.1) is 0 Å². The zero-order chi connectivity index (χ0) is 15.5. The molecule has 0 bridgehead atoms. The Bertz CT molecular complexity index is 312. The molecule has 0 heterocycles. The van der Waals surface area contributed by atoms with Crippen molar-refractivity contribution in [1.82, 2.24) is 15.1 Å². The maximum absolute atomic E-state index is 3.74. The Morgan fingerprint density at radius 3 is 2.38 bits per heavy atom. The Morgan fingerprint density at radius 1 is 1.14 bits per heavy atom. The van der Waals surface area contributed by atoms with E-state index in [0.717, 1.165) is 24.4 Å². The highest BCUT2D eigenvalue weighted by atomic mass is 15.2. The Morgan fingerprint density at radius 2 is 1.86 bits per heavy atom. The lowest BCUT2D eigenvalue weighted by Gasteiger charge is -2.50. The second-order valence-corrected chi connectivity index (χ2v) is 8.01. The van der Waals surface area contributed by atoms with Crippen LogP contribution in [0.2, 0.25) is 0 Å². The number of nitrogens with zero attached hydrogens (tertiary/aromatic N) is 2. The van der Waals surface area contributed by atoms with Crippen LogP contribution in [0.1, 0.15) is 52.4 Å². The molecule has 0 radical (unpaired) electrons. The van der Waals surface area contributed by atoms with Gasteiger partial charge in [-0.05, 0) is 78.0 Å². The summed E-state index contributed by atoms with van der Waals surface area (Å²) in [5.41, 5.74) is 0.461. The van der Waals surface area contributed by atoms with Crippen LogP contribution in [0.25, 0.3) is 0 Å². The molecule has 1 N–H and O–H groups in total. The largest absolute Gasteiger partial charge is 0.314 e. The van der Waals surface area contributed by atoms with Gasteiger partial charge in [-0.25, -0.2) is 0 Å². The van der Waals surface area contributed by atoms with Gasteiger partial charge < -0.3 is 15.1 Å². The third-order valence-corrected chi connectivity index (χ3v) is 6.05. The van der Waals surface area contributed by atoms with Gasteiger partial charge in [-0.2, -0.15) is 0 Å². The lowest BCUT2D eigenvalue weighted by Crippen LogP contribution is -2.57. The van der Waals surface area contributed by atoms with Crippen LogP contribution < -0.4 is 5.32 Å². The van der Waals surface area contributed by atoms with Gasteiger partial charge in [-0.15, -0.1) is 0 Å². The van der Waals surface area contributed by atoms with Gasteiger partial charge >= 0.3 is 0 Å². The molecule has 0 saturated heterocycles. The number of hydrogen-bond donors (Lipinski definition) is 1. The van der Waals surface area contributed by atoms with Crippen molar-refractivity contribution >= 4 is 0 Å². The number of nitrogens with one attached hydrogen (secondary N) is 1. The first-order chi connectivity index (χ1) is 9.97. The van der Waals surface area contributed by atoms with E-state index in [-0.39, 0.29) is 0 Å². The molecule has 0 aromatic heterocycles. The highest BCUT2D eigenvalue weighted by molar-refractivity contribution is 4.98. The van der Waals surface area contributed by atoms with Crippen molar-refractivity contribution < 1.29 is 0 Å². The average Bonchev–Trinajstić information content (AvgIpc) is 2.37. The van der Waals surface area contributed by atoms with E-state index in [2.05, 4.69) is 50.1 Å². The molecule has 0 aromatic carbocycles. The highest BCUT2D eigenvalue weighted by Crippen LogP contribution is 2.37. The number of likely N-dealkylation sites (N-methyl/N-ethyl adjacent to an activating group) is 2. The summed E-state index contributed by atoms with van der Waals surface area (Å²) < 4.78 is 0. The topological polar surface area (TPSA) is 18.5 Å². The van der Waals surface area contributed by atoms with Crippen LogP contribution in [0.4, 0.5) is 0 Å². The highest BCUT2D eigenvalue weighted by Gasteiger charge is 2.40. The Balaban J connectivity index is 1.88. The van der Waals surface area contributed by atoms with E-state index in [1.54, 1.807) is 0 Å². The Kier molecular flexibility index (Phi) is 6.10. The first-order valence-corrected chi connectivity index (χ1v) is 9.06. The van der Waals surface area contributed by atoms with Crippen molar-refractivity contribution in [3.8, 4) is 0 Å². The van der Waals surface area contributed by atoms with Gasteiger partial charge in [-0.3, -0.25) is 0 Å². The first-order valence-electron chi connectivity index (χ1n) is 9.06. The first kappa shape index (κ1) is 17.2. The molecule has 0 amide bonds. The third kappa shape index (κ3) is 4.20. The number of hydrogen-bond acceptors (Lipinski definition) is 3. The molecule has 3 nitrogen and oxygen atoms in total. The molecule has 0 spiro atoms. The van der Waals surface area contributed by atoms with Crippen LogP contribution in [-0.4, -0.2) is 62.2 Å². The van der Waals surface area contributed by atoms with Crippen LogP contribution in [0.5, 0.6) is 0 Å². The fraction of sp³-hybridized carbons (Fsp3) is 1.00. The summed E-state index contributed by atoms with van der Waals surface area (Å²) in [5.74, 6) is 1.74. The zero-order valence-electron chi connectivity index (χ0n) is 15.0. The quantitative estimate of drug-likeness (QED) is 0.779. The van der Waals surface area contributed by atoms with Crippen molar-refractivity contribution in [2.24, 2.45) is 11.8 Å². The summed E-state index contributed by atoms with van der Waals surface area (Å²) in [4.78, 5) is 5.09. The normalized spacial score (nSPS) is 32.4. The van der Waals surface area contributed by atoms with E-state index in [9.17, 15) is 0 Å². The molecule has 124 valence electrons. The third-order valence-electron chi connectivity index (χ3n) is 6.05. The van der Waals surface area contributed by atoms with Crippen molar-refractivity contribution in [2.75, 3.05) is 40.8 Å². The minimum absolute atomic E-state index is 0.461. The summed E-state index contributed by atoms with van der Waals surface area (Å²) in [6.07, 6.45) is 8.33. The molecule has 21 heavy (non-hydrogen) atoms. The van der Waals surface area contributed by atoms with Crippen LogP contribution in [0, 0.1) is 11.8 Å². The smallest absolute Gasteiger partial charge is 0.0330 e. The van der Waals surface area contributed by atoms with E-state index < -0.39 is 0 Å². The van der Waals surface area contributed by atoms with Crippen LogP contribution in [0.15, 0.2) is 0 Å². The van der Waals surface area contributed by atoms with Gasteiger partial charge in [0, 0.05) is 24.7 Å². The minimum atomic E-state index is 0.461. The Hall–Kier alpha value is -0.120. The molecule has 2 saturated carbocycles. The second kappa shape index (κ2) is 7.43. The van der Waals surface area contributed by atoms with Crippen LogP contribution in [0.3, 0.4) is 0 Å². The minimum Gasteiger partial charge on any atom is -0.314 e. The van der Waals surface area contributed by atoms with Gasteiger partial charge in [0.25, 0.3) is 0 Å². The van der Waals surface area contributed by atoms with E-state index in [0.29, 0.717) is 5.54 Å². The van der Waals surface area contributed by atoms with Gasteiger partial charge in [-0.1, -0.05) is 13.8 Å². The summed E-state index contributed by atoms with van der Waals surface area (Å²) in [6.45, 7) is 8.29. The van der Waals surface area contributed by atoms with Crippen molar-refractivity contribution in [3.05, 3.63) is 0 Å². The van der Waals surface area contributed by atoms with Gasteiger partial charge in [0.2, 0.25) is 0 Å². The van der Waals surface area contributed by atoms with Crippen molar-refractivity contribution in [3.63, 3.8) is 0 Å². The molecule has 2 rings (SSSR count). The van der Waals surface area contributed by atoms with Gasteiger partial charge in [0.1, 0.15) is 0 Å². The van der Waals surface area contributed by atoms with Crippen molar-refractivity contribution in [1.29, 1.82) is 0 Å². The summed E-state index contributed by atoms with van der Waals surface area (Å²) in [7, 11) is 6.86. The molecule has 3 atom stereocenters. The van der Waals surface area contributed by atoms with E-state index in [1.165, 1.54) is 51.6 Å². The molecule has 3 heteroatoms. The monoisotopic (exact) mass is 295 g/mol. The van der Waals surface area contributed by atoms with E-state index in [4.69, 9.17) is 0 Å². The Labute approximate surface area is 132 Å². The zero-order valence-corrected chi connectivity index (χ0v) is 15.0. The van der Waals surface area contributed by atoms with Crippen LogP contribution in [-0.2, 0) is 0 Å². The molecular formula is C18H37N3.